The lowest BCUT2D eigenvalue weighted by Crippen LogP contribution is -1.87. The molecule has 1 aromatic carbocycles. The first kappa shape index (κ1) is 10.1. The van der Waals surface area contributed by atoms with Crippen LogP contribution >= 0.6 is 27.7 Å². The van der Waals surface area contributed by atoms with Gasteiger partial charge in [-0.1, -0.05) is 22.9 Å². The van der Waals surface area contributed by atoms with Gasteiger partial charge in [0, 0.05) is 9.37 Å². The summed E-state index contributed by atoms with van der Waals surface area (Å²) in [6.45, 7) is 3.79. The number of halogens is 2. The minimum atomic E-state index is -0.0925. The Balaban J connectivity index is 3.09. The fourth-order valence-electron chi connectivity index (χ4n) is 0.955. The van der Waals surface area contributed by atoms with E-state index >= 15 is 0 Å². The van der Waals surface area contributed by atoms with Crippen LogP contribution in [0, 0.1) is 12.7 Å². The predicted molar refractivity (Wildman–Crippen MR) is 55.2 cm³/mol. The highest BCUT2D eigenvalue weighted by Crippen LogP contribution is 2.27. The second-order valence-electron chi connectivity index (χ2n) is 2.47. The molecule has 0 N–H and O–H groups in total. The Kier molecular flexibility index (Phi) is 3.59. The largest absolute Gasteiger partial charge is 0.205 e. The van der Waals surface area contributed by atoms with Crippen LogP contribution in [-0.2, 0) is 0 Å². The van der Waals surface area contributed by atoms with Crippen molar-refractivity contribution in [3.8, 4) is 0 Å². The summed E-state index contributed by atoms with van der Waals surface area (Å²) in [5.41, 5.74) is 0.695. The normalized spacial score (nSPS) is 10.3. The lowest BCUT2D eigenvalue weighted by atomic mass is 10.2. The van der Waals surface area contributed by atoms with Gasteiger partial charge in [-0.05, 0) is 30.4 Å². The van der Waals surface area contributed by atoms with Crippen molar-refractivity contribution in [2.45, 2.75) is 18.7 Å². The Morgan fingerprint density at radius 2 is 2.17 bits per heavy atom. The quantitative estimate of drug-likeness (QED) is 0.713. The average Bonchev–Trinajstić information content (AvgIpc) is 2.00. The highest BCUT2D eigenvalue weighted by molar-refractivity contribution is 9.10. The molecule has 0 heterocycles. The third-order valence-electron chi connectivity index (χ3n) is 1.49. The number of hydrogen-bond donors (Lipinski definition) is 0. The molecule has 0 spiro atoms. The van der Waals surface area contributed by atoms with Crippen LogP contribution in [0.1, 0.15) is 12.5 Å². The third kappa shape index (κ3) is 2.23. The number of benzene rings is 1. The van der Waals surface area contributed by atoms with E-state index in [1.807, 2.05) is 13.0 Å². The van der Waals surface area contributed by atoms with Gasteiger partial charge in [0.2, 0.25) is 0 Å². The van der Waals surface area contributed by atoms with Crippen molar-refractivity contribution < 1.29 is 4.39 Å². The van der Waals surface area contributed by atoms with Crippen LogP contribution in [0.25, 0.3) is 0 Å². The monoisotopic (exact) mass is 248 g/mol. The molecule has 0 bridgehead atoms. The fourth-order valence-corrected chi connectivity index (χ4v) is 2.49. The van der Waals surface area contributed by atoms with Crippen LogP contribution in [-0.4, -0.2) is 5.75 Å². The Hall–Kier alpha value is -0.0200. The van der Waals surface area contributed by atoms with Crippen LogP contribution < -0.4 is 0 Å². The van der Waals surface area contributed by atoms with Gasteiger partial charge in [-0.25, -0.2) is 4.39 Å². The average molecular weight is 249 g/mol. The molecule has 0 unspecified atom stereocenters. The zero-order valence-corrected chi connectivity index (χ0v) is 9.43. The molecular formula is C9H10BrFS. The molecule has 0 saturated carbocycles. The van der Waals surface area contributed by atoms with Crippen LogP contribution in [0.4, 0.5) is 4.39 Å². The predicted octanol–water partition coefficient (Wildman–Crippen LogP) is 4.01. The van der Waals surface area contributed by atoms with Crippen molar-refractivity contribution in [1.82, 2.24) is 0 Å². The van der Waals surface area contributed by atoms with Crippen LogP contribution in [0.2, 0.25) is 0 Å². The van der Waals surface area contributed by atoms with Gasteiger partial charge in [0.1, 0.15) is 5.82 Å². The van der Waals surface area contributed by atoms with Gasteiger partial charge < -0.3 is 0 Å². The summed E-state index contributed by atoms with van der Waals surface area (Å²) < 4.78 is 14.3. The summed E-state index contributed by atoms with van der Waals surface area (Å²) in [5, 5.41) is 0. The number of rotatable bonds is 2. The summed E-state index contributed by atoms with van der Waals surface area (Å²) in [4.78, 5) is 0.726. The van der Waals surface area contributed by atoms with E-state index in [0.29, 0.717) is 5.56 Å². The molecule has 0 aliphatic heterocycles. The Bertz CT molecular complexity index is 286. The lowest BCUT2D eigenvalue weighted by Gasteiger charge is -2.04. The highest BCUT2D eigenvalue weighted by Gasteiger charge is 2.05. The summed E-state index contributed by atoms with van der Waals surface area (Å²) in [6.07, 6.45) is 0. The van der Waals surface area contributed by atoms with Gasteiger partial charge in [0.15, 0.2) is 0 Å². The zero-order chi connectivity index (χ0) is 9.14. The van der Waals surface area contributed by atoms with Crippen molar-refractivity contribution in [3.05, 3.63) is 28.0 Å². The molecule has 12 heavy (non-hydrogen) atoms. The summed E-state index contributed by atoms with van der Waals surface area (Å²) in [5.74, 6) is 0.803. The molecule has 0 aromatic heterocycles. The van der Waals surface area contributed by atoms with Crippen LogP contribution in [0.5, 0.6) is 0 Å². The van der Waals surface area contributed by atoms with Crippen molar-refractivity contribution in [1.29, 1.82) is 0 Å². The van der Waals surface area contributed by atoms with Crippen molar-refractivity contribution in [3.63, 3.8) is 0 Å². The minimum absolute atomic E-state index is 0.0925. The van der Waals surface area contributed by atoms with Gasteiger partial charge in [-0.3, -0.25) is 0 Å². The summed E-state index contributed by atoms with van der Waals surface area (Å²) in [7, 11) is 0. The molecule has 0 nitrogen and oxygen atoms in total. The standard InChI is InChI=1S/C9H10BrFS/c1-3-12-8-5-7(10)4-6(2)9(8)11/h4-5H,3H2,1-2H3. The third-order valence-corrected chi connectivity index (χ3v) is 2.84. The fraction of sp³-hybridized carbons (Fsp3) is 0.333. The van der Waals surface area contributed by atoms with E-state index in [4.69, 9.17) is 0 Å². The van der Waals surface area contributed by atoms with E-state index in [1.54, 1.807) is 13.0 Å². The molecule has 1 aromatic rings. The SMILES string of the molecule is CCSc1cc(Br)cc(C)c1F. The molecule has 0 aliphatic rings. The van der Waals surface area contributed by atoms with E-state index in [9.17, 15) is 4.39 Å². The summed E-state index contributed by atoms with van der Waals surface area (Å²) in [6, 6.07) is 3.60. The van der Waals surface area contributed by atoms with Gasteiger partial charge in [-0.2, -0.15) is 0 Å². The maximum atomic E-state index is 13.3. The van der Waals surface area contributed by atoms with E-state index in [2.05, 4.69) is 15.9 Å². The number of aryl methyl sites for hydroxylation is 1. The van der Waals surface area contributed by atoms with E-state index in [1.165, 1.54) is 11.8 Å². The molecular weight excluding hydrogens is 239 g/mol. The first-order chi connectivity index (χ1) is 5.65. The van der Waals surface area contributed by atoms with Gasteiger partial charge in [0.05, 0.1) is 0 Å². The maximum absolute atomic E-state index is 13.3. The van der Waals surface area contributed by atoms with E-state index in [0.717, 1.165) is 15.1 Å². The Morgan fingerprint density at radius 3 is 2.75 bits per heavy atom. The molecule has 0 saturated heterocycles. The van der Waals surface area contributed by atoms with Crippen LogP contribution in [0.3, 0.4) is 0 Å². The van der Waals surface area contributed by atoms with Gasteiger partial charge >= 0.3 is 0 Å². The molecule has 0 atom stereocenters. The van der Waals surface area contributed by atoms with Gasteiger partial charge in [0.25, 0.3) is 0 Å². The van der Waals surface area contributed by atoms with E-state index in [-0.39, 0.29) is 5.82 Å². The topological polar surface area (TPSA) is 0 Å². The molecule has 0 fully saturated rings. The maximum Gasteiger partial charge on any atom is 0.139 e. The molecule has 0 amide bonds. The molecule has 3 heteroatoms. The highest BCUT2D eigenvalue weighted by atomic mass is 79.9. The second-order valence-corrected chi connectivity index (χ2v) is 4.69. The van der Waals surface area contributed by atoms with Gasteiger partial charge in [-0.15, -0.1) is 11.8 Å². The molecule has 66 valence electrons. The summed E-state index contributed by atoms with van der Waals surface area (Å²) >= 11 is 4.86. The van der Waals surface area contributed by atoms with E-state index < -0.39 is 0 Å². The first-order valence-electron chi connectivity index (χ1n) is 3.73. The van der Waals surface area contributed by atoms with Crippen LogP contribution in [0.15, 0.2) is 21.5 Å². The second kappa shape index (κ2) is 4.28. The molecule has 0 aliphatic carbocycles. The first-order valence-corrected chi connectivity index (χ1v) is 5.51. The Labute approximate surface area is 84.7 Å². The number of hydrogen-bond acceptors (Lipinski definition) is 1. The number of thioether (sulfide) groups is 1. The minimum Gasteiger partial charge on any atom is -0.205 e. The molecule has 0 radical (unpaired) electrons. The Morgan fingerprint density at radius 1 is 1.50 bits per heavy atom. The van der Waals surface area contributed by atoms with Crippen molar-refractivity contribution in [2.75, 3.05) is 5.75 Å². The van der Waals surface area contributed by atoms with Crippen molar-refractivity contribution >= 4 is 27.7 Å². The molecule has 1 rings (SSSR count). The zero-order valence-electron chi connectivity index (χ0n) is 7.03. The smallest absolute Gasteiger partial charge is 0.139 e. The lowest BCUT2D eigenvalue weighted by molar-refractivity contribution is 0.592. The van der Waals surface area contributed by atoms with Crippen molar-refractivity contribution in [2.24, 2.45) is 0 Å².